The predicted octanol–water partition coefficient (Wildman–Crippen LogP) is 3.17. The molecule has 1 aliphatic carbocycles. The Morgan fingerprint density at radius 2 is 2.00 bits per heavy atom. The first-order valence-electron chi connectivity index (χ1n) is 8.57. The predicted molar refractivity (Wildman–Crippen MR) is 102 cm³/mol. The zero-order chi connectivity index (χ0) is 18.3. The third-order valence-electron chi connectivity index (χ3n) is 4.73. The highest BCUT2D eigenvalue weighted by Crippen LogP contribution is 2.35. The van der Waals surface area contributed by atoms with Crippen molar-refractivity contribution in [3.8, 4) is 0 Å². The van der Waals surface area contributed by atoms with Gasteiger partial charge in [-0.15, -0.1) is 11.3 Å². The maximum absolute atomic E-state index is 12.6. The average molecular weight is 411 g/mol. The molecule has 2 heterocycles. The summed E-state index contributed by atoms with van der Waals surface area (Å²) in [6, 6.07) is 8.79. The van der Waals surface area contributed by atoms with E-state index in [1.165, 1.54) is 11.3 Å². The molecule has 0 bridgehead atoms. The lowest BCUT2D eigenvalue weighted by molar-refractivity contribution is -0.133. The lowest BCUT2D eigenvalue weighted by Gasteiger charge is -2.26. The van der Waals surface area contributed by atoms with Gasteiger partial charge < -0.3 is 4.90 Å². The number of hydrogen-bond donors (Lipinski definition) is 1. The van der Waals surface area contributed by atoms with Crippen LogP contribution in [-0.2, 0) is 34.3 Å². The van der Waals surface area contributed by atoms with Gasteiger partial charge >= 0.3 is 0 Å². The van der Waals surface area contributed by atoms with Crippen molar-refractivity contribution in [2.24, 2.45) is 5.92 Å². The molecule has 4 rings (SSSR count). The van der Waals surface area contributed by atoms with E-state index in [2.05, 4.69) is 4.72 Å². The van der Waals surface area contributed by atoms with Crippen molar-refractivity contribution < 1.29 is 13.2 Å². The van der Waals surface area contributed by atoms with Crippen LogP contribution in [0.15, 0.2) is 34.5 Å². The first-order valence-corrected chi connectivity index (χ1v) is 11.2. The van der Waals surface area contributed by atoms with E-state index in [9.17, 15) is 13.2 Å². The first-order chi connectivity index (χ1) is 12.4. The minimum absolute atomic E-state index is 0.194. The summed E-state index contributed by atoms with van der Waals surface area (Å²) in [5.74, 6) is 0.409. The van der Waals surface area contributed by atoms with Crippen LogP contribution in [0.25, 0.3) is 0 Å². The van der Waals surface area contributed by atoms with Gasteiger partial charge in [-0.3, -0.25) is 4.79 Å². The van der Waals surface area contributed by atoms with Crippen molar-refractivity contribution in [2.75, 3.05) is 6.54 Å². The molecule has 2 aromatic rings. The molecule has 1 saturated carbocycles. The van der Waals surface area contributed by atoms with Crippen LogP contribution in [0.2, 0.25) is 5.02 Å². The van der Waals surface area contributed by atoms with E-state index in [0.29, 0.717) is 22.3 Å². The molecule has 2 aliphatic rings. The second-order valence-electron chi connectivity index (χ2n) is 6.75. The molecule has 1 aliphatic heterocycles. The van der Waals surface area contributed by atoms with Crippen LogP contribution in [0.5, 0.6) is 0 Å². The molecule has 0 atom stereocenters. The first kappa shape index (κ1) is 18.0. The Hall–Kier alpha value is -1.41. The molecule has 0 saturated heterocycles. The van der Waals surface area contributed by atoms with Crippen LogP contribution in [0.4, 0.5) is 0 Å². The van der Waals surface area contributed by atoms with E-state index < -0.39 is 10.0 Å². The van der Waals surface area contributed by atoms with Crippen LogP contribution in [0, 0.1) is 5.92 Å². The topological polar surface area (TPSA) is 66.5 Å². The number of carbonyl (C=O) groups is 1. The minimum Gasteiger partial charge on any atom is -0.338 e. The standard InChI is InChI=1S/C18H19ClN2O3S2/c19-15-5-1-12(2-6-15)10-20-26(23,24)17-9-14-11-21(8-7-16(14)25-17)18(22)13-3-4-13/h1-2,5-6,9,13,20H,3-4,7-8,10-11H2. The monoisotopic (exact) mass is 410 g/mol. The van der Waals surface area contributed by atoms with Gasteiger partial charge in [0.15, 0.2) is 0 Å². The quantitative estimate of drug-likeness (QED) is 0.823. The highest BCUT2D eigenvalue weighted by atomic mass is 35.5. The highest BCUT2D eigenvalue weighted by molar-refractivity contribution is 7.91. The van der Waals surface area contributed by atoms with Gasteiger partial charge in [-0.1, -0.05) is 23.7 Å². The summed E-state index contributed by atoms with van der Waals surface area (Å²) in [5, 5.41) is 0.618. The molecule has 1 fully saturated rings. The van der Waals surface area contributed by atoms with Gasteiger partial charge in [-0.2, -0.15) is 0 Å². The zero-order valence-electron chi connectivity index (χ0n) is 14.1. The second kappa shape index (κ2) is 6.96. The van der Waals surface area contributed by atoms with Crippen molar-refractivity contribution in [3.63, 3.8) is 0 Å². The van der Waals surface area contributed by atoms with Crippen molar-refractivity contribution in [2.45, 2.75) is 36.6 Å². The summed E-state index contributed by atoms with van der Waals surface area (Å²) in [4.78, 5) is 15.2. The Labute approximate surface area is 162 Å². The fourth-order valence-corrected chi connectivity index (χ4v) is 5.80. The summed E-state index contributed by atoms with van der Waals surface area (Å²) in [6.07, 6.45) is 2.70. The van der Waals surface area contributed by atoms with Crippen LogP contribution in [-0.4, -0.2) is 25.8 Å². The number of benzene rings is 1. The van der Waals surface area contributed by atoms with E-state index in [4.69, 9.17) is 11.6 Å². The zero-order valence-corrected chi connectivity index (χ0v) is 16.5. The van der Waals surface area contributed by atoms with Crippen molar-refractivity contribution in [3.05, 3.63) is 51.4 Å². The summed E-state index contributed by atoms with van der Waals surface area (Å²) in [6.45, 7) is 1.42. The van der Waals surface area contributed by atoms with Crippen LogP contribution >= 0.6 is 22.9 Å². The Kier molecular flexibility index (Phi) is 4.81. The Bertz CT molecular complexity index is 934. The summed E-state index contributed by atoms with van der Waals surface area (Å²) < 4.78 is 28.2. The van der Waals surface area contributed by atoms with Crippen molar-refractivity contribution in [1.29, 1.82) is 0 Å². The molecule has 5 nitrogen and oxygen atoms in total. The van der Waals surface area contributed by atoms with Gasteiger partial charge in [-0.05, 0) is 48.6 Å². The van der Waals surface area contributed by atoms with Gasteiger partial charge in [0, 0.05) is 35.5 Å². The third kappa shape index (κ3) is 3.81. The van der Waals surface area contributed by atoms with Gasteiger partial charge in [0.2, 0.25) is 15.9 Å². The van der Waals surface area contributed by atoms with E-state index in [0.717, 1.165) is 35.3 Å². The number of nitrogens with one attached hydrogen (secondary N) is 1. The Balaban J connectivity index is 1.46. The third-order valence-corrected chi connectivity index (χ3v) is 8.09. The lowest BCUT2D eigenvalue weighted by atomic mass is 10.1. The molecule has 0 spiro atoms. The number of rotatable bonds is 5. The van der Waals surface area contributed by atoms with Crippen LogP contribution < -0.4 is 4.72 Å². The Morgan fingerprint density at radius 1 is 1.27 bits per heavy atom. The molecule has 26 heavy (non-hydrogen) atoms. The molecule has 1 aromatic heterocycles. The number of thiophene rings is 1. The summed E-state index contributed by atoms with van der Waals surface area (Å²) in [7, 11) is -3.57. The number of sulfonamides is 1. The fraction of sp³-hybridized carbons (Fsp3) is 0.389. The number of carbonyl (C=O) groups excluding carboxylic acids is 1. The molecule has 1 amide bonds. The lowest BCUT2D eigenvalue weighted by Crippen LogP contribution is -2.36. The number of fused-ring (bicyclic) bond motifs is 1. The molecule has 138 valence electrons. The van der Waals surface area contributed by atoms with Gasteiger partial charge in [0.25, 0.3) is 0 Å². The maximum Gasteiger partial charge on any atom is 0.250 e. The smallest absolute Gasteiger partial charge is 0.250 e. The molecule has 0 radical (unpaired) electrons. The summed E-state index contributed by atoms with van der Waals surface area (Å²) >= 11 is 7.16. The highest BCUT2D eigenvalue weighted by Gasteiger charge is 2.35. The number of amides is 1. The molecule has 1 N–H and O–H groups in total. The van der Waals surface area contributed by atoms with Crippen molar-refractivity contribution in [1.82, 2.24) is 9.62 Å². The largest absolute Gasteiger partial charge is 0.338 e. The van der Waals surface area contributed by atoms with E-state index >= 15 is 0 Å². The normalized spacial score (nSPS) is 17.2. The van der Waals surface area contributed by atoms with Gasteiger partial charge in [-0.25, -0.2) is 13.1 Å². The Morgan fingerprint density at radius 3 is 2.69 bits per heavy atom. The number of nitrogens with zero attached hydrogens (tertiary/aromatic N) is 1. The van der Waals surface area contributed by atoms with E-state index in [-0.39, 0.29) is 18.4 Å². The molecule has 1 aromatic carbocycles. The fourth-order valence-electron chi connectivity index (χ4n) is 3.07. The van der Waals surface area contributed by atoms with Crippen molar-refractivity contribution >= 4 is 38.9 Å². The second-order valence-corrected chi connectivity index (χ2v) is 10.3. The SMILES string of the molecule is O=C(C1CC1)N1CCc2sc(S(=O)(=O)NCc3ccc(Cl)cc3)cc2C1. The average Bonchev–Trinajstić information content (AvgIpc) is 3.38. The minimum atomic E-state index is -3.57. The van der Waals surface area contributed by atoms with E-state index in [1.54, 1.807) is 30.3 Å². The molecule has 0 unspecified atom stereocenters. The molecule has 8 heteroatoms. The number of hydrogen-bond acceptors (Lipinski definition) is 4. The van der Waals surface area contributed by atoms with Gasteiger partial charge in [0.1, 0.15) is 4.21 Å². The van der Waals surface area contributed by atoms with Crippen LogP contribution in [0.1, 0.15) is 28.8 Å². The summed E-state index contributed by atoms with van der Waals surface area (Å²) in [5.41, 5.74) is 1.81. The van der Waals surface area contributed by atoms with Crippen LogP contribution in [0.3, 0.4) is 0 Å². The molecular formula is C18H19ClN2O3S2. The molecular weight excluding hydrogens is 392 g/mol. The van der Waals surface area contributed by atoms with E-state index in [1.807, 2.05) is 4.90 Å². The number of halogens is 1. The van der Waals surface area contributed by atoms with Gasteiger partial charge in [0.05, 0.1) is 0 Å². The maximum atomic E-state index is 12.6.